The molecule has 14 nitrogen and oxygen atoms in total. The lowest BCUT2D eigenvalue weighted by Gasteiger charge is -2.48. The number of fused-ring (bicyclic) bond motifs is 1. The van der Waals surface area contributed by atoms with Crippen LogP contribution in [0.2, 0.25) is 5.02 Å². The number of benzene rings is 1. The molecule has 6 atom stereocenters. The molecule has 43 heavy (non-hydrogen) atoms. The summed E-state index contributed by atoms with van der Waals surface area (Å²) in [5.74, 6) is -0.259. The standard InChI is InChI=1S/C28H33ClN6O8/c1-14-31-24(35(34-14)17-11-16(29)12-30-19(17)25(37)39-5)23-21(36)20(32-33-27(38)43-28(2,3)4)22-18(41-23)13-40-26(42-22)15-9-7-6-8-10-15/h6-12,18,20-23,26,32,36H,13H2,1-5H3,(H,33,38)/t18?,20?,21?,22-,23+,26?/m0/s1. The van der Waals surface area contributed by atoms with Crippen LogP contribution < -0.4 is 10.9 Å². The summed E-state index contributed by atoms with van der Waals surface area (Å²) in [6, 6.07) is 9.86. The first-order valence-corrected chi connectivity index (χ1v) is 13.9. The van der Waals surface area contributed by atoms with Crippen molar-refractivity contribution in [3.8, 4) is 5.69 Å². The van der Waals surface area contributed by atoms with Gasteiger partial charge in [0.25, 0.3) is 0 Å². The van der Waals surface area contributed by atoms with E-state index in [4.69, 9.17) is 35.3 Å². The Morgan fingerprint density at radius 3 is 2.63 bits per heavy atom. The first-order valence-electron chi connectivity index (χ1n) is 13.5. The lowest BCUT2D eigenvalue weighted by atomic mass is 9.91. The Balaban J connectivity index is 1.50. The van der Waals surface area contributed by atoms with Crippen LogP contribution >= 0.6 is 11.6 Å². The van der Waals surface area contributed by atoms with Crippen LogP contribution in [-0.2, 0) is 23.7 Å². The zero-order chi connectivity index (χ0) is 30.9. The van der Waals surface area contributed by atoms with Crippen molar-refractivity contribution in [1.82, 2.24) is 30.6 Å². The molecule has 2 aliphatic heterocycles. The zero-order valence-corrected chi connectivity index (χ0v) is 24.9. The van der Waals surface area contributed by atoms with Crippen molar-refractivity contribution in [2.75, 3.05) is 13.7 Å². The Morgan fingerprint density at radius 1 is 1.19 bits per heavy atom. The van der Waals surface area contributed by atoms with Gasteiger partial charge in [-0.05, 0) is 33.8 Å². The molecule has 4 unspecified atom stereocenters. The molecule has 0 radical (unpaired) electrons. The maximum Gasteiger partial charge on any atom is 0.422 e. The summed E-state index contributed by atoms with van der Waals surface area (Å²) in [7, 11) is 1.23. The number of nitrogens with one attached hydrogen (secondary N) is 2. The van der Waals surface area contributed by atoms with Gasteiger partial charge >= 0.3 is 12.1 Å². The minimum Gasteiger partial charge on any atom is -0.464 e. The molecule has 5 rings (SSSR count). The van der Waals surface area contributed by atoms with E-state index in [0.717, 1.165) is 5.56 Å². The van der Waals surface area contributed by atoms with Crippen LogP contribution in [0.5, 0.6) is 0 Å². The van der Waals surface area contributed by atoms with E-state index in [2.05, 4.69) is 25.9 Å². The van der Waals surface area contributed by atoms with Crippen LogP contribution in [0, 0.1) is 6.92 Å². The fraction of sp³-hybridized carbons (Fsp3) is 0.464. The molecule has 1 aromatic carbocycles. The number of hydrazine groups is 1. The number of rotatable bonds is 6. The van der Waals surface area contributed by atoms with Gasteiger partial charge in [-0.3, -0.25) is 5.43 Å². The average Bonchev–Trinajstić information content (AvgIpc) is 3.36. The van der Waals surface area contributed by atoms with Crippen LogP contribution in [-0.4, -0.2) is 80.6 Å². The van der Waals surface area contributed by atoms with E-state index < -0.39 is 54.4 Å². The molecule has 230 valence electrons. The van der Waals surface area contributed by atoms with Crippen LogP contribution in [0.4, 0.5) is 4.79 Å². The number of carbonyl (C=O) groups is 2. The first kappa shape index (κ1) is 30.8. The molecule has 0 aliphatic carbocycles. The van der Waals surface area contributed by atoms with Crippen molar-refractivity contribution < 1.29 is 38.4 Å². The summed E-state index contributed by atoms with van der Waals surface area (Å²) in [4.78, 5) is 33.7. The molecule has 4 heterocycles. The monoisotopic (exact) mass is 616 g/mol. The molecule has 3 aromatic rings. The number of hydrogen-bond acceptors (Lipinski definition) is 12. The summed E-state index contributed by atoms with van der Waals surface area (Å²) in [5.41, 5.74) is 5.51. The van der Waals surface area contributed by atoms with E-state index in [9.17, 15) is 14.7 Å². The number of esters is 1. The SMILES string of the molecule is COC(=O)c1ncc(Cl)cc1-n1nc(C)nc1[C@@H]1OC2COC(c3ccccc3)O[C@@H]2C(NNC(=O)OC(C)(C)C)C1O. The van der Waals surface area contributed by atoms with E-state index in [1.54, 1.807) is 27.7 Å². The molecule has 1 amide bonds. The average molecular weight is 617 g/mol. The number of halogens is 1. The van der Waals surface area contributed by atoms with Gasteiger partial charge in [-0.1, -0.05) is 41.9 Å². The molecular weight excluding hydrogens is 584 g/mol. The predicted molar refractivity (Wildman–Crippen MR) is 150 cm³/mol. The lowest BCUT2D eigenvalue weighted by molar-refractivity contribution is -0.313. The van der Waals surface area contributed by atoms with Gasteiger partial charge in [0.15, 0.2) is 17.8 Å². The van der Waals surface area contributed by atoms with Gasteiger partial charge in [-0.2, -0.15) is 5.10 Å². The van der Waals surface area contributed by atoms with E-state index in [-0.39, 0.29) is 28.8 Å². The van der Waals surface area contributed by atoms with E-state index in [1.165, 1.54) is 24.1 Å². The number of methoxy groups -OCH3 is 1. The fourth-order valence-electron chi connectivity index (χ4n) is 4.88. The number of hydrogen-bond donors (Lipinski definition) is 3. The Labute approximate surface area is 252 Å². The molecule has 0 spiro atoms. The molecule has 2 aliphatic rings. The lowest BCUT2D eigenvalue weighted by Crippen LogP contribution is -2.66. The van der Waals surface area contributed by atoms with Crippen molar-refractivity contribution in [2.24, 2.45) is 0 Å². The topological polar surface area (TPSA) is 168 Å². The highest BCUT2D eigenvalue weighted by atomic mass is 35.5. The number of aryl methyl sites for hydroxylation is 1. The number of aromatic nitrogens is 4. The van der Waals surface area contributed by atoms with Gasteiger partial charge in [0.1, 0.15) is 41.5 Å². The molecule has 15 heteroatoms. The zero-order valence-electron chi connectivity index (χ0n) is 24.2. The maximum absolute atomic E-state index is 12.5. The van der Waals surface area contributed by atoms with E-state index >= 15 is 0 Å². The Hall–Kier alpha value is -3.66. The quantitative estimate of drug-likeness (QED) is 0.274. The fourth-order valence-corrected chi connectivity index (χ4v) is 5.03. The van der Waals surface area contributed by atoms with E-state index in [1.807, 2.05) is 30.3 Å². The number of amides is 1. The minimum atomic E-state index is -1.36. The van der Waals surface area contributed by atoms with Crippen molar-refractivity contribution >= 4 is 23.7 Å². The van der Waals surface area contributed by atoms with Crippen molar-refractivity contribution in [3.05, 3.63) is 70.5 Å². The van der Waals surface area contributed by atoms with Gasteiger partial charge < -0.3 is 28.8 Å². The van der Waals surface area contributed by atoms with E-state index in [0.29, 0.717) is 5.82 Å². The molecule has 2 fully saturated rings. The molecule has 0 saturated carbocycles. The minimum absolute atomic E-state index is 0.0717. The third kappa shape index (κ3) is 6.79. The Morgan fingerprint density at radius 2 is 1.93 bits per heavy atom. The highest BCUT2D eigenvalue weighted by molar-refractivity contribution is 6.30. The van der Waals surface area contributed by atoms with Crippen LogP contribution in [0.3, 0.4) is 0 Å². The summed E-state index contributed by atoms with van der Waals surface area (Å²) >= 11 is 6.23. The summed E-state index contributed by atoms with van der Waals surface area (Å²) in [6.07, 6.45) is -4.18. The first-order chi connectivity index (χ1) is 20.4. The number of ether oxygens (including phenoxy) is 5. The Bertz CT molecular complexity index is 1470. The Kier molecular flexibility index (Phi) is 8.96. The normalized spacial score (nSPS) is 25.5. The predicted octanol–water partition coefficient (Wildman–Crippen LogP) is 2.72. The largest absolute Gasteiger partial charge is 0.464 e. The highest BCUT2D eigenvalue weighted by Crippen LogP contribution is 2.39. The number of nitrogens with zero attached hydrogens (tertiary/aromatic N) is 4. The van der Waals surface area contributed by atoms with Crippen molar-refractivity contribution in [3.63, 3.8) is 0 Å². The maximum atomic E-state index is 12.5. The smallest absolute Gasteiger partial charge is 0.422 e. The summed E-state index contributed by atoms with van der Waals surface area (Å²) in [6.45, 7) is 6.94. The summed E-state index contributed by atoms with van der Waals surface area (Å²) in [5, 5.41) is 16.4. The number of carbonyl (C=O) groups excluding carboxylic acids is 2. The molecule has 2 aromatic heterocycles. The third-order valence-electron chi connectivity index (χ3n) is 6.66. The van der Waals surface area contributed by atoms with Gasteiger partial charge in [0.05, 0.1) is 24.8 Å². The van der Waals surface area contributed by atoms with Crippen LogP contribution in [0.1, 0.15) is 60.9 Å². The number of aliphatic hydroxyl groups is 1. The second-order valence-electron chi connectivity index (χ2n) is 11.0. The second-order valence-corrected chi connectivity index (χ2v) is 11.4. The third-order valence-corrected chi connectivity index (χ3v) is 6.86. The van der Waals surface area contributed by atoms with Gasteiger partial charge in [0.2, 0.25) is 0 Å². The van der Waals surface area contributed by atoms with Gasteiger partial charge in [0, 0.05) is 11.8 Å². The summed E-state index contributed by atoms with van der Waals surface area (Å²) < 4.78 is 30.2. The van der Waals surface area contributed by atoms with Gasteiger partial charge in [-0.15, -0.1) is 0 Å². The number of aliphatic hydroxyl groups excluding tert-OH is 1. The number of pyridine rings is 1. The molecule has 0 bridgehead atoms. The molecule has 2 saturated heterocycles. The van der Waals surface area contributed by atoms with Crippen molar-refractivity contribution in [1.29, 1.82) is 0 Å². The van der Waals surface area contributed by atoms with Gasteiger partial charge in [-0.25, -0.2) is 29.7 Å². The highest BCUT2D eigenvalue weighted by Gasteiger charge is 2.51. The van der Waals surface area contributed by atoms with Crippen molar-refractivity contribution in [2.45, 2.75) is 70.0 Å². The molecule has 3 N–H and O–H groups in total. The van der Waals surface area contributed by atoms with Crippen LogP contribution in [0.25, 0.3) is 5.69 Å². The second kappa shape index (κ2) is 12.5. The van der Waals surface area contributed by atoms with Crippen LogP contribution in [0.15, 0.2) is 42.6 Å². The molecular formula is C28H33ClN6O8.